The summed E-state index contributed by atoms with van der Waals surface area (Å²) in [5, 5.41) is 3.47. The molecule has 0 heterocycles. The highest BCUT2D eigenvalue weighted by Gasteiger charge is 2.18. The molecule has 0 aliphatic carbocycles. The number of hydrogen-bond acceptors (Lipinski definition) is 1. The lowest BCUT2D eigenvalue weighted by Gasteiger charge is -2.18. The minimum absolute atomic E-state index is 0.0892. The lowest BCUT2D eigenvalue weighted by Crippen LogP contribution is -2.20. The lowest BCUT2D eigenvalue weighted by molar-refractivity contribution is 0.474. The normalized spacial score (nSPS) is 12.4. The second-order valence-electron chi connectivity index (χ2n) is 4.46. The van der Waals surface area contributed by atoms with Crippen molar-refractivity contribution in [2.24, 2.45) is 0 Å². The number of rotatable bonds is 4. The summed E-state index contributed by atoms with van der Waals surface area (Å²) in [6.07, 6.45) is 0.416. The van der Waals surface area contributed by atoms with Crippen molar-refractivity contribution < 1.29 is 13.2 Å². The predicted octanol–water partition coefficient (Wildman–Crippen LogP) is 4.26. The number of benzene rings is 2. The summed E-state index contributed by atoms with van der Waals surface area (Å²) in [6.45, 7) is 0. The maximum atomic E-state index is 13.8. The molecule has 1 unspecified atom stereocenters. The first-order valence-corrected chi connectivity index (χ1v) is 6.45. The maximum Gasteiger partial charge on any atom is 0.161 e. The zero-order valence-electron chi connectivity index (χ0n) is 10.8. The molecule has 0 aliphatic rings. The van der Waals surface area contributed by atoms with Gasteiger partial charge >= 0.3 is 0 Å². The van der Waals surface area contributed by atoms with Crippen LogP contribution in [0, 0.1) is 17.5 Å². The summed E-state index contributed by atoms with van der Waals surface area (Å²) < 4.78 is 40.0. The Kier molecular flexibility index (Phi) is 4.68. The van der Waals surface area contributed by atoms with Crippen LogP contribution >= 0.6 is 11.6 Å². The van der Waals surface area contributed by atoms with E-state index in [4.69, 9.17) is 11.6 Å². The van der Waals surface area contributed by atoms with E-state index < -0.39 is 23.5 Å². The second kappa shape index (κ2) is 6.29. The number of hydrogen-bond donors (Lipinski definition) is 1. The average Bonchev–Trinajstić information content (AvgIpc) is 2.40. The molecule has 20 heavy (non-hydrogen) atoms. The van der Waals surface area contributed by atoms with E-state index in [1.807, 2.05) is 6.07 Å². The van der Waals surface area contributed by atoms with Gasteiger partial charge in [0.2, 0.25) is 0 Å². The molecule has 1 N–H and O–H groups in total. The van der Waals surface area contributed by atoms with Crippen LogP contribution in [0.4, 0.5) is 13.2 Å². The van der Waals surface area contributed by atoms with E-state index in [1.165, 1.54) is 0 Å². The highest BCUT2D eigenvalue weighted by molar-refractivity contribution is 6.30. The Morgan fingerprint density at radius 2 is 1.75 bits per heavy atom. The van der Waals surface area contributed by atoms with Gasteiger partial charge in [0.1, 0.15) is 5.82 Å². The van der Waals surface area contributed by atoms with Gasteiger partial charge in [-0.1, -0.05) is 23.7 Å². The van der Waals surface area contributed by atoms with Crippen LogP contribution in [0.2, 0.25) is 5.02 Å². The zero-order chi connectivity index (χ0) is 14.7. The number of nitrogens with one attached hydrogen (secondary N) is 1. The molecule has 2 aromatic rings. The molecular weight excluding hydrogens is 287 g/mol. The third-order valence-electron chi connectivity index (χ3n) is 3.09. The molecule has 5 heteroatoms. The third-order valence-corrected chi connectivity index (χ3v) is 3.33. The Balaban J connectivity index is 2.31. The van der Waals surface area contributed by atoms with Crippen molar-refractivity contribution >= 4 is 11.6 Å². The van der Waals surface area contributed by atoms with Crippen molar-refractivity contribution in [3.05, 3.63) is 70.0 Å². The van der Waals surface area contributed by atoms with Crippen LogP contribution in [-0.4, -0.2) is 7.05 Å². The van der Waals surface area contributed by atoms with Crippen LogP contribution in [0.25, 0.3) is 0 Å². The highest BCUT2D eigenvalue weighted by atomic mass is 35.5. The van der Waals surface area contributed by atoms with E-state index in [0.717, 1.165) is 11.6 Å². The average molecular weight is 300 g/mol. The molecule has 0 spiro atoms. The van der Waals surface area contributed by atoms with Crippen molar-refractivity contribution in [3.8, 4) is 0 Å². The molecule has 0 saturated carbocycles. The van der Waals surface area contributed by atoms with Gasteiger partial charge in [0.25, 0.3) is 0 Å². The van der Waals surface area contributed by atoms with Crippen molar-refractivity contribution in [3.63, 3.8) is 0 Å². The fourth-order valence-electron chi connectivity index (χ4n) is 2.07. The molecule has 2 aromatic carbocycles. The molecule has 106 valence electrons. The maximum absolute atomic E-state index is 13.8. The topological polar surface area (TPSA) is 12.0 Å². The molecule has 1 atom stereocenters. The van der Waals surface area contributed by atoms with Crippen molar-refractivity contribution in [1.29, 1.82) is 0 Å². The van der Waals surface area contributed by atoms with Gasteiger partial charge in [-0.3, -0.25) is 0 Å². The molecule has 0 radical (unpaired) electrons. The zero-order valence-corrected chi connectivity index (χ0v) is 11.5. The molecule has 1 nitrogen and oxygen atoms in total. The summed E-state index contributed by atoms with van der Waals surface area (Å²) in [5.74, 6) is -3.03. The molecule has 0 aliphatic heterocycles. The summed E-state index contributed by atoms with van der Waals surface area (Å²) in [4.78, 5) is 0. The van der Waals surface area contributed by atoms with E-state index in [0.29, 0.717) is 17.5 Å². The van der Waals surface area contributed by atoms with Crippen LogP contribution in [0.15, 0.2) is 36.4 Å². The van der Waals surface area contributed by atoms with Crippen LogP contribution in [0.1, 0.15) is 17.2 Å². The molecule has 0 bridgehead atoms. The molecule has 2 rings (SSSR count). The number of halogens is 4. The van der Waals surface area contributed by atoms with Gasteiger partial charge in [-0.25, -0.2) is 13.2 Å². The highest BCUT2D eigenvalue weighted by Crippen LogP contribution is 2.24. The summed E-state index contributed by atoms with van der Waals surface area (Å²) in [5.41, 5.74) is 0.965. The quantitative estimate of drug-likeness (QED) is 0.832. The Hall–Kier alpha value is -1.52. The smallest absolute Gasteiger partial charge is 0.161 e. The minimum Gasteiger partial charge on any atom is -0.313 e. The summed E-state index contributed by atoms with van der Waals surface area (Å²) in [6, 6.07) is 8.09. The van der Waals surface area contributed by atoms with Crippen LogP contribution in [0.5, 0.6) is 0 Å². The molecule has 0 aromatic heterocycles. The van der Waals surface area contributed by atoms with E-state index in [2.05, 4.69) is 5.32 Å². The van der Waals surface area contributed by atoms with E-state index in [9.17, 15) is 13.2 Å². The van der Waals surface area contributed by atoms with E-state index in [-0.39, 0.29) is 5.56 Å². The van der Waals surface area contributed by atoms with Gasteiger partial charge in [-0.15, -0.1) is 0 Å². The van der Waals surface area contributed by atoms with Gasteiger partial charge in [-0.05, 0) is 37.2 Å². The Morgan fingerprint density at radius 1 is 1.05 bits per heavy atom. The van der Waals surface area contributed by atoms with Gasteiger partial charge in [0.05, 0.1) is 0 Å². The first-order valence-electron chi connectivity index (χ1n) is 6.07. The monoisotopic (exact) mass is 299 g/mol. The SMILES string of the molecule is CNC(Cc1cccc(Cl)c1)c1cc(F)c(F)cc1F. The van der Waals surface area contributed by atoms with Gasteiger partial charge in [-0.2, -0.15) is 0 Å². The first kappa shape index (κ1) is 14.9. The van der Waals surface area contributed by atoms with E-state index in [1.54, 1.807) is 25.2 Å². The van der Waals surface area contributed by atoms with Crippen LogP contribution < -0.4 is 5.32 Å². The largest absolute Gasteiger partial charge is 0.313 e. The molecule has 0 saturated heterocycles. The van der Waals surface area contributed by atoms with Gasteiger partial charge in [0, 0.05) is 22.7 Å². The number of likely N-dealkylation sites (N-methyl/N-ethyl adjacent to an activating group) is 1. The molecule has 0 fully saturated rings. The fraction of sp³-hybridized carbons (Fsp3) is 0.200. The van der Waals surface area contributed by atoms with E-state index >= 15 is 0 Å². The van der Waals surface area contributed by atoms with Crippen molar-refractivity contribution in [2.75, 3.05) is 7.05 Å². The van der Waals surface area contributed by atoms with Crippen LogP contribution in [-0.2, 0) is 6.42 Å². The molecule has 0 amide bonds. The Bertz CT molecular complexity index is 616. The standard InChI is InChI=1S/C15H13ClF3N/c1-20-15(6-9-3-2-4-10(16)5-9)11-7-13(18)14(19)8-12(11)17/h2-5,7-8,15,20H,6H2,1H3. The minimum atomic E-state index is -1.19. The Labute approximate surface area is 120 Å². The second-order valence-corrected chi connectivity index (χ2v) is 4.90. The predicted molar refractivity (Wildman–Crippen MR) is 73.3 cm³/mol. The van der Waals surface area contributed by atoms with Crippen molar-refractivity contribution in [1.82, 2.24) is 5.32 Å². The third kappa shape index (κ3) is 3.32. The summed E-state index contributed by atoms with van der Waals surface area (Å²) >= 11 is 5.89. The fourth-order valence-corrected chi connectivity index (χ4v) is 2.29. The van der Waals surface area contributed by atoms with Crippen LogP contribution in [0.3, 0.4) is 0 Å². The van der Waals surface area contributed by atoms with Crippen molar-refractivity contribution in [2.45, 2.75) is 12.5 Å². The lowest BCUT2D eigenvalue weighted by atomic mass is 9.98. The van der Waals surface area contributed by atoms with Gasteiger partial charge in [0.15, 0.2) is 11.6 Å². The first-order chi connectivity index (χ1) is 9.51. The molecular formula is C15H13ClF3N. The summed E-state index contributed by atoms with van der Waals surface area (Å²) in [7, 11) is 1.63. The van der Waals surface area contributed by atoms with Gasteiger partial charge < -0.3 is 5.32 Å². The Morgan fingerprint density at radius 3 is 2.40 bits per heavy atom.